The summed E-state index contributed by atoms with van der Waals surface area (Å²) in [5, 5.41) is 1.65. The van der Waals surface area contributed by atoms with Crippen LogP contribution in [0.5, 0.6) is 0 Å². The summed E-state index contributed by atoms with van der Waals surface area (Å²) >= 11 is 1.07. The molecule has 1 aromatic heterocycles. The van der Waals surface area contributed by atoms with Crippen LogP contribution in [-0.4, -0.2) is 38.8 Å². The molecule has 0 unspecified atom stereocenters. The Balaban J connectivity index is 1.63. The van der Waals surface area contributed by atoms with Crippen molar-refractivity contribution in [1.29, 1.82) is 0 Å². The molecular weight excluding hydrogens is 436 g/mol. The zero-order chi connectivity index (χ0) is 22.4. The van der Waals surface area contributed by atoms with Crippen LogP contribution in [0.1, 0.15) is 21.5 Å². The second-order valence-corrected chi connectivity index (χ2v) is 9.75. The monoisotopic (exact) mass is 458 g/mol. The molecule has 162 valence electrons. The Kier molecular flexibility index (Phi) is 7.09. The second-order valence-electron chi connectivity index (χ2n) is 6.89. The van der Waals surface area contributed by atoms with Gasteiger partial charge >= 0.3 is 5.97 Å². The number of benzene rings is 2. The van der Waals surface area contributed by atoms with Crippen molar-refractivity contribution in [1.82, 2.24) is 4.90 Å². The van der Waals surface area contributed by atoms with Gasteiger partial charge in [-0.1, -0.05) is 48.0 Å². The molecule has 0 saturated heterocycles. The molecule has 0 aliphatic carbocycles. The fourth-order valence-corrected chi connectivity index (χ4v) is 4.80. The van der Waals surface area contributed by atoms with E-state index in [1.807, 2.05) is 31.2 Å². The highest BCUT2D eigenvalue weighted by molar-refractivity contribution is 7.94. The van der Waals surface area contributed by atoms with Crippen molar-refractivity contribution >= 4 is 38.9 Å². The molecule has 2 aromatic carbocycles. The predicted octanol–water partition coefficient (Wildman–Crippen LogP) is 3.67. The molecule has 0 bridgehead atoms. The minimum Gasteiger partial charge on any atom is -0.452 e. The van der Waals surface area contributed by atoms with E-state index in [2.05, 4.69) is 4.72 Å². The predicted molar refractivity (Wildman–Crippen MR) is 120 cm³/mol. The van der Waals surface area contributed by atoms with E-state index in [0.717, 1.165) is 22.5 Å². The molecule has 1 heterocycles. The molecule has 0 spiro atoms. The summed E-state index contributed by atoms with van der Waals surface area (Å²) in [5.41, 5.74) is 2.19. The number of carbonyl (C=O) groups excluding carboxylic acids is 2. The fourth-order valence-electron chi connectivity index (χ4n) is 2.73. The smallest absolute Gasteiger partial charge is 0.340 e. The van der Waals surface area contributed by atoms with Gasteiger partial charge in [-0.2, -0.15) is 0 Å². The van der Waals surface area contributed by atoms with Gasteiger partial charge in [-0.25, -0.2) is 13.2 Å². The number of aryl methyl sites for hydroxylation is 1. The lowest BCUT2D eigenvalue weighted by atomic mass is 10.1. The van der Waals surface area contributed by atoms with Crippen molar-refractivity contribution in [3.05, 3.63) is 82.7 Å². The van der Waals surface area contributed by atoms with E-state index in [0.29, 0.717) is 6.54 Å². The summed E-state index contributed by atoms with van der Waals surface area (Å²) in [6.07, 6.45) is 0. The van der Waals surface area contributed by atoms with E-state index in [4.69, 9.17) is 4.74 Å². The van der Waals surface area contributed by atoms with E-state index < -0.39 is 22.6 Å². The third-order valence-corrected chi connectivity index (χ3v) is 7.21. The number of sulfonamides is 1. The molecule has 3 aromatic rings. The third-order valence-electron chi connectivity index (χ3n) is 4.44. The lowest BCUT2D eigenvalue weighted by molar-refractivity contribution is -0.133. The number of ether oxygens (including phenoxy) is 1. The Morgan fingerprint density at radius 2 is 1.74 bits per heavy atom. The Labute approximate surface area is 185 Å². The van der Waals surface area contributed by atoms with E-state index in [1.165, 1.54) is 23.1 Å². The maximum absolute atomic E-state index is 12.5. The summed E-state index contributed by atoms with van der Waals surface area (Å²) in [5.74, 6) is -1.16. The lowest BCUT2D eigenvalue weighted by Crippen LogP contribution is -2.31. The van der Waals surface area contributed by atoms with Gasteiger partial charge in [0, 0.05) is 13.6 Å². The van der Waals surface area contributed by atoms with Gasteiger partial charge in [0.2, 0.25) is 0 Å². The zero-order valence-electron chi connectivity index (χ0n) is 17.1. The molecule has 1 amide bonds. The molecule has 0 radical (unpaired) electrons. The molecule has 1 N–H and O–H groups in total. The van der Waals surface area contributed by atoms with Crippen molar-refractivity contribution < 1.29 is 22.7 Å². The molecule has 9 heteroatoms. The quantitative estimate of drug-likeness (QED) is 0.520. The number of carbonyl (C=O) groups is 2. The Hall–Kier alpha value is -3.17. The maximum Gasteiger partial charge on any atom is 0.340 e. The minimum atomic E-state index is -3.82. The first-order valence-electron chi connectivity index (χ1n) is 9.38. The highest BCUT2D eigenvalue weighted by Gasteiger charge is 2.21. The first-order chi connectivity index (χ1) is 14.8. The van der Waals surface area contributed by atoms with Crippen molar-refractivity contribution in [3.63, 3.8) is 0 Å². The molecule has 0 saturated carbocycles. The van der Waals surface area contributed by atoms with Crippen LogP contribution < -0.4 is 4.72 Å². The number of thiophene rings is 1. The number of nitrogens with zero attached hydrogens (tertiary/aromatic N) is 1. The first kappa shape index (κ1) is 22.5. The van der Waals surface area contributed by atoms with Crippen molar-refractivity contribution in [3.8, 4) is 0 Å². The molecule has 0 atom stereocenters. The van der Waals surface area contributed by atoms with Crippen LogP contribution in [0.4, 0.5) is 5.69 Å². The van der Waals surface area contributed by atoms with Gasteiger partial charge in [-0.3, -0.25) is 9.52 Å². The van der Waals surface area contributed by atoms with E-state index >= 15 is 0 Å². The Bertz CT molecular complexity index is 1160. The van der Waals surface area contributed by atoms with Crippen LogP contribution >= 0.6 is 11.3 Å². The fraction of sp³-hybridized carbons (Fsp3) is 0.182. The van der Waals surface area contributed by atoms with E-state index in [-0.39, 0.29) is 21.4 Å². The molecule has 31 heavy (non-hydrogen) atoms. The van der Waals surface area contributed by atoms with Crippen LogP contribution in [0, 0.1) is 6.92 Å². The standard InChI is InChI=1S/C22H22N2O5S2/c1-16-9-11-17(12-10-16)14-24(2)20(25)15-29-22(26)18-6-3-4-7-19(18)23-31(27,28)21-8-5-13-30-21/h3-13,23H,14-15H2,1-2H3. The average Bonchev–Trinajstić information content (AvgIpc) is 3.29. The van der Waals surface area contributed by atoms with Crippen molar-refractivity contribution in [2.45, 2.75) is 17.7 Å². The normalized spacial score (nSPS) is 11.0. The molecule has 7 nitrogen and oxygen atoms in total. The summed E-state index contributed by atoms with van der Waals surface area (Å²) in [4.78, 5) is 26.4. The Morgan fingerprint density at radius 1 is 1.03 bits per heavy atom. The number of rotatable bonds is 8. The topological polar surface area (TPSA) is 92.8 Å². The summed E-state index contributed by atoms with van der Waals surface area (Å²) in [6, 6.07) is 17.0. The van der Waals surface area contributed by atoms with Gasteiger partial charge in [0.15, 0.2) is 6.61 Å². The summed E-state index contributed by atoms with van der Waals surface area (Å²) in [7, 11) is -2.20. The Morgan fingerprint density at radius 3 is 2.42 bits per heavy atom. The van der Waals surface area contributed by atoms with Gasteiger partial charge in [0.1, 0.15) is 4.21 Å². The maximum atomic E-state index is 12.5. The molecule has 3 rings (SSSR count). The van der Waals surface area contributed by atoms with Crippen LogP contribution in [0.2, 0.25) is 0 Å². The highest BCUT2D eigenvalue weighted by Crippen LogP contribution is 2.23. The van der Waals surface area contributed by atoms with E-state index in [9.17, 15) is 18.0 Å². The largest absolute Gasteiger partial charge is 0.452 e. The highest BCUT2D eigenvalue weighted by atomic mass is 32.2. The number of hydrogen-bond donors (Lipinski definition) is 1. The summed E-state index contributed by atoms with van der Waals surface area (Å²) < 4.78 is 32.6. The number of esters is 1. The lowest BCUT2D eigenvalue weighted by Gasteiger charge is -2.18. The SMILES string of the molecule is Cc1ccc(CN(C)C(=O)COC(=O)c2ccccc2NS(=O)(=O)c2cccs2)cc1. The number of likely N-dealkylation sites (N-methyl/N-ethyl adjacent to an activating group) is 1. The van der Waals surface area contributed by atoms with Gasteiger partial charge in [-0.05, 0) is 36.1 Å². The molecule has 0 aliphatic rings. The number of nitrogens with one attached hydrogen (secondary N) is 1. The minimum absolute atomic E-state index is 0.0246. The number of anilines is 1. The molecule has 0 aliphatic heterocycles. The number of para-hydroxylation sites is 1. The number of hydrogen-bond acceptors (Lipinski definition) is 6. The van der Waals surface area contributed by atoms with Crippen LogP contribution in [-0.2, 0) is 26.1 Å². The first-order valence-corrected chi connectivity index (χ1v) is 11.7. The van der Waals surface area contributed by atoms with Gasteiger partial charge < -0.3 is 9.64 Å². The van der Waals surface area contributed by atoms with Gasteiger partial charge in [0.25, 0.3) is 15.9 Å². The van der Waals surface area contributed by atoms with Crippen molar-refractivity contribution in [2.75, 3.05) is 18.4 Å². The van der Waals surface area contributed by atoms with Gasteiger partial charge in [-0.15, -0.1) is 11.3 Å². The second kappa shape index (κ2) is 9.76. The average molecular weight is 459 g/mol. The molecule has 0 fully saturated rings. The third kappa shape index (κ3) is 5.93. The molecular formula is C22H22N2O5S2. The van der Waals surface area contributed by atoms with Crippen LogP contribution in [0.15, 0.2) is 70.3 Å². The summed E-state index contributed by atoms with van der Waals surface area (Å²) in [6.45, 7) is 1.91. The van der Waals surface area contributed by atoms with Gasteiger partial charge in [0.05, 0.1) is 11.3 Å². The van der Waals surface area contributed by atoms with Crippen molar-refractivity contribution in [2.24, 2.45) is 0 Å². The zero-order valence-corrected chi connectivity index (χ0v) is 18.7. The number of amides is 1. The van der Waals surface area contributed by atoms with Crippen LogP contribution in [0.25, 0.3) is 0 Å². The van der Waals surface area contributed by atoms with Crippen LogP contribution in [0.3, 0.4) is 0 Å². The van der Waals surface area contributed by atoms with E-state index in [1.54, 1.807) is 30.6 Å².